The normalized spacial score (nSPS) is 12.6. The van der Waals surface area contributed by atoms with Crippen LogP contribution >= 0.6 is 0 Å². The van der Waals surface area contributed by atoms with E-state index < -0.39 is 0 Å². The fourth-order valence-corrected chi connectivity index (χ4v) is 2.80. The molecule has 0 aromatic carbocycles. The predicted molar refractivity (Wildman–Crippen MR) is 96.5 cm³/mol. The Morgan fingerprint density at radius 3 is 2.96 bits per heavy atom. The molecule has 0 spiro atoms. The van der Waals surface area contributed by atoms with Crippen LogP contribution in [-0.2, 0) is 4.74 Å². The average molecular weight is 334 g/mol. The minimum atomic E-state index is 0.132. The smallest absolute Gasteiger partial charge is 0.241 e. The third-order valence-electron chi connectivity index (χ3n) is 3.94. The van der Waals surface area contributed by atoms with Gasteiger partial charge in [0.2, 0.25) is 5.95 Å². The number of nitrogens with one attached hydrogen (secondary N) is 1. The third-order valence-corrected chi connectivity index (χ3v) is 3.94. The van der Waals surface area contributed by atoms with Gasteiger partial charge in [0.05, 0.1) is 35.0 Å². The van der Waals surface area contributed by atoms with Crippen LogP contribution < -0.4 is 5.32 Å². The van der Waals surface area contributed by atoms with Crippen molar-refractivity contribution in [3.63, 3.8) is 0 Å². The Balaban J connectivity index is 1.70. The summed E-state index contributed by atoms with van der Waals surface area (Å²) in [5, 5.41) is 7.72. The first-order valence-corrected chi connectivity index (χ1v) is 8.06. The van der Waals surface area contributed by atoms with Crippen LogP contribution in [0.1, 0.15) is 6.92 Å². The summed E-state index contributed by atoms with van der Waals surface area (Å²) in [4.78, 5) is 13.4. The van der Waals surface area contributed by atoms with Gasteiger partial charge in [-0.25, -0.2) is 14.5 Å². The molecule has 0 radical (unpaired) electrons. The standard InChI is InChI=1S/C18H18N6O/c1-12(11-25-2)21-18-20-10-17-13(7-9-24(17)23-18)14-5-6-15-16(22-14)4-3-8-19-15/h3-10,12H,11H2,1-2H3,(H,21,23)/t12-/m1/s1. The van der Waals surface area contributed by atoms with E-state index in [2.05, 4.69) is 20.4 Å². The number of methoxy groups -OCH3 is 1. The average Bonchev–Trinajstić information content (AvgIpc) is 3.04. The van der Waals surface area contributed by atoms with Crippen LogP contribution in [0, 0.1) is 0 Å². The maximum absolute atomic E-state index is 5.12. The summed E-state index contributed by atoms with van der Waals surface area (Å²) >= 11 is 0. The number of rotatable bonds is 5. The molecule has 1 N–H and O–H groups in total. The molecule has 4 rings (SSSR count). The van der Waals surface area contributed by atoms with E-state index >= 15 is 0 Å². The van der Waals surface area contributed by atoms with Gasteiger partial charge in [0.1, 0.15) is 0 Å². The SMILES string of the molecule is COC[C@@H](C)Nc1ncc2c(-c3ccc4ncccc4n3)ccn2n1. The summed E-state index contributed by atoms with van der Waals surface area (Å²) in [6.07, 6.45) is 5.48. The van der Waals surface area contributed by atoms with Crippen LogP contribution in [0.4, 0.5) is 5.95 Å². The van der Waals surface area contributed by atoms with Crippen molar-refractivity contribution in [3.05, 3.63) is 48.9 Å². The van der Waals surface area contributed by atoms with Crippen LogP contribution in [0.3, 0.4) is 0 Å². The zero-order valence-corrected chi connectivity index (χ0v) is 14.0. The highest BCUT2D eigenvalue weighted by Gasteiger charge is 2.11. The van der Waals surface area contributed by atoms with E-state index in [0.717, 1.165) is 27.8 Å². The van der Waals surface area contributed by atoms with Gasteiger partial charge in [0, 0.05) is 31.1 Å². The van der Waals surface area contributed by atoms with E-state index in [0.29, 0.717) is 12.6 Å². The summed E-state index contributed by atoms with van der Waals surface area (Å²) in [5.41, 5.74) is 4.51. The Morgan fingerprint density at radius 2 is 2.08 bits per heavy atom. The van der Waals surface area contributed by atoms with Gasteiger partial charge in [-0.2, -0.15) is 0 Å². The highest BCUT2D eigenvalue weighted by atomic mass is 16.5. The molecule has 7 heteroatoms. The van der Waals surface area contributed by atoms with Crippen LogP contribution in [0.15, 0.2) is 48.9 Å². The molecule has 1 atom stereocenters. The number of hydrogen-bond donors (Lipinski definition) is 1. The van der Waals surface area contributed by atoms with Gasteiger partial charge in [0.15, 0.2) is 0 Å². The van der Waals surface area contributed by atoms with Gasteiger partial charge >= 0.3 is 0 Å². The van der Waals surface area contributed by atoms with Crippen molar-refractivity contribution in [2.75, 3.05) is 19.0 Å². The fourth-order valence-electron chi connectivity index (χ4n) is 2.80. The van der Waals surface area contributed by atoms with Crippen molar-refractivity contribution in [1.82, 2.24) is 24.6 Å². The molecule has 0 bridgehead atoms. The number of aromatic nitrogens is 5. The summed E-state index contributed by atoms with van der Waals surface area (Å²) in [7, 11) is 1.67. The number of ether oxygens (including phenoxy) is 1. The highest BCUT2D eigenvalue weighted by molar-refractivity contribution is 5.83. The Kier molecular flexibility index (Phi) is 3.99. The lowest BCUT2D eigenvalue weighted by Gasteiger charge is -2.12. The number of pyridine rings is 2. The molecule has 4 aromatic rings. The van der Waals surface area contributed by atoms with Gasteiger partial charge in [0.25, 0.3) is 0 Å². The van der Waals surface area contributed by atoms with Crippen LogP contribution in [0.25, 0.3) is 27.8 Å². The minimum Gasteiger partial charge on any atom is -0.383 e. The molecular weight excluding hydrogens is 316 g/mol. The van der Waals surface area contributed by atoms with Gasteiger partial charge in [-0.05, 0) is 37.3 Å². The van der Waals surface area contributed by atoms with Crippen LogP contribution in [0.2, 0.25) is 0 Å². The van der Waals surface area contributed by atoms with Gasteiger partial charge in [-0.3, -0.25) is 4.98 Å². The van der Waals surface area contributed by atoms with Crippen molar-refractivity contribution < 1.29 is 4.74 Å². The Labute approximate surface area is 144 Å². The van der Waals surface area contributed by atoms with E-state index in [1.807, 2.05) is 43.5 Å². The molecule has 0 fully saturated rings. The quantitative estimate of drug-likeness (QED) is 0.605. The molecule has 25 heavy (non-hydrogen) atoms. The van der Waals surface area contributed by atoms with Crippen LogP contribution in [-0.4, -0.2) is 44.3 Å². The predicted octanol–water partition coefficient (Wildman–Crippen LogP) is 2.79. The maximum atomic E-state index is 5.12. The number of fused-ring (bicyclic) bond motifs is 2. The van der Waals surface area contributed by atoms with Crippen molar-refractivity contribution in [2.24, 2.45) is 0 Å². The zero-order valence-electron chi connectivity index (χ0n) is 14.0. The van der Waals surface area contributed by atoms with E-state index in [1.165, 1.54) is 0 Å². The molecular formula is C18H18N6O. The molecule has 0 unspecified atom stereocenters. The molecule has 0 saturated carbocycles. The molecule has 0 aliphatic rings. The molecule has 0 amide bonds. The maximum Gasteiger partial charge on any atom is 0.241 e. The van der Waals surface area contributed by atoms with E-state index in [4.69, 9.17) is 9.72 Å². The summed E-state index contributed by atoms with van der Waals surface area (Å²) in [6, 6.07) is 9.92. The third kappa shape index (κ3) is 3.01. The lowest BCUT2D eigenvalue weighted by molar-refractivity contribution is 0.190. The first-order chi connectivity index (χ1) is 12.2. The highest BCUT2D eigenvalue weighted by Crippen LogP contribution is 2.25. The zero-order chi connectivity index (χ0) is 17.2. The molecule has 0 aliphatic heterocycles. The monoisotopic (exact) mass is 334 g/mol. The summed E-state index contributed by atoms with van der Waals surface area (Å²) in [6.45, 7) is 2.61. The Morgan fingerprint density at radius 1 is 1.16 bits per heavy atom. The summed E-state index contributed by atoms with van der Waals surface area (Å²) < 4.78 is 6.93. The molecule has 7 nitrogen and oxygen atoms in total. The topological polar surface area (TPSA) is 77.2 Å². The lowest BCUT2D eigenvalue weighted by atomic mass is 10.1. The lowest BCUT2D eigenvalue weighted by Crippen LogP contribution is -2.22. The molecule has 0 saturated heterocycles. The van der Waals surface area contributed by atoms with Gasteiger partial charge in [-0.15, -0.1) is 5.10 Å². The first kappa shape index (κ1) is 15.5. The molecule has 126 valence electrons. The van der Waals surface area contributed by atoms with E-state index in [9.17, 15) is 0 Å². The molecule has 4 heterocycles. The second-order valence-corrected chi connectivity index (χ2v) is 5.88. The van der Waals surface area contributed by atoms with Crippen molar-refractivity contribution in [2.45, 2.75) is 13.0 Å². The Hall–Kier alpha value is -3.06. The van der Waals surface area contributed by atoms with Gasteiger partial charge < -0.3 is 10.1 Å². The molecule has 0 aliphatic carbocycles. The number of anilines is 1. The number of hydrogen-bond acceptors (Lipinski definition) is 6. The first-order valence-electron chi connectivity index (χ1n) is 8.06. The number of nitrogens with zero attached hydrogens (tertiary/aromatic N) is 5. The summed E-state index contributed by atoms with van der Waals surface area (Å²) in [5.74, 6) is 0.565. The van der Waals surface area contributed by atoms with E-state index in [-0.39, 0.29) is 6.04 Å². The molecule has 4 aromatic heterocycles. The van der Waals surface area contributed by atoms with Crippen LogP contribution in [0.5, 0.6) is 0 Å². The van der Waals surface area contributed by atoms with Crippen molar-refractivity contribution in [1.29, 1.82) is 0 Å². The van der Waals surface area contributed by atoms with E-state index in [1.54, 1.807) is 24.0 Å². The van der Waals surface area contributed by atoms with Gasteiger partial charge in [-0.1, -0.05) is 0 Å². The second-order valence-electron chi connectivity index (χ2n) is 5.88. The van der Waals surface area contributed by atoms with Crippen molar-refractivity contribution in [3.8, 4) is 11.3 Å². The van der Waals surface area contributed by atoms with Crippen molar-refractivity contribution >= 4 is 22.5 Å². The fraction of sp³-hybridized carbons (Fsp3) is 0.222. The second kappa shape index (κ2) is 6.45. The Bertz CT molecular complexity index is 1030. The largest absolute Gasteiger partial charge is 0.383 e. The minimum absolute atomic E-state index is 0.132.